The van der Waals surface area contributed by atoms with Crippen molar-refractivity contribution < 1.29 is 9.59 Å². The van der Waals surface area contributed by atoms with E-state index in [1.165, 1.54) is 24.2 Å². The van der Waals surface area contributed by atoms with Crippen LogP contribution in [0.4, 0.5) is 4.79 Å². The van der Waals surface area contributed by atoms with E-state index in [0.29, 0.717) is 17.4 Å². The van der Waals surface area contributed by atoms with Gasteiger partial charge in [0.15, 0.2) is 0 Å². The monoisotopic (exact) mass is 366 g/mol. The van der Waals surface area contributed by atoms with Gasteiger partial charge in [-0.3, -0.25) is 14.5 Å². The van der Waals surface area contributed by atoms with Gasteiger partial charge in [-0.25, -0.2) is 0 Å². The van der Waals surface area contributed by atoms with Crippen molar-refractivity contribution in [3.05, 3.63) is 59.3 Å². The molecule has 1 aliphatic heterocycles. The number of carbonyl (C=O) groups is 2. The Kier molecular flexibility index (Phi) is 4.98. The Bertz CT molecular complexity index is 835. The van der Waals surface area contributed by atoms with E-state index in [-0.39, 0.29) is 11.1 Å². The number of aromatic nitrogens is 1. The molecule has 0 N–H and O–H groups in total. The third-order valence-corrected chi connectivity index (χ3v) is 6.04. The van der Waals surface area contributed by atoms with E-state index in [4.69, 9.17) is 0 Å². The van der Waals surface area contributed by atoms with E-state index in [1.54, 1.807) is 0 Å². The molecule has 2 aromatic rings. The first-order valence-corrected chi connectivity index (χ1v) is 10.0. The van der Waals surface area contributed by atoms with Gasteiger partial charge in [0.1, 0.15) is 0 Å². The topological polar surface area (TPSA) is 42.3 Å². The van der Waals surface area contributed by atoms with Crippen LogP contribution in [0.5, 0.6) is 0 Å². The zero-order valence-electron chi connectivity index (χ0n) is 14.6. The summed E-state index contributed by atoms with van der Waals surface area (Å²) in [7, 11) is 0. The van der Waals surface area contributed by atoms with Crippen molar-refractivity contribution in [2.24, 2.45) is 5.92 Å². The fourth-order valence-corrected chi connectivity index (χ4v) is 4.59. The highest BCUT2D eigenvalue weighted by Gasteiger charge is 2.36. The van der Waals surface area contributed by atoms with Crippen molar-refractivity contribution in [3.63, 3.8) is 0 Å². The molecule has 0 bridgehead atoms. The summed E-state index contributed by atoms with van der Waals surface area (Å²) in [6.07, 6.45) is 9.73. The lowest BCUT2D eigenvalue weighted by Crippen LogP contribution is -2.34. The Labute approximate surface area is 157 Å². The van der Waals surface area contributed by atoms with Gasteiger partial charge in [0.05, 0.1) is 4.91 Å². The Balaban J connectivity index is 1.55. The van der Waals surface area contributed by atoms with Gasteiger partial charge in [-0.2, -0.15) is 0 Å². The summed E-state index contributed by atoms with van der Waals surface area (Å²) >= 11 is 1.06. The molecular formula is C21H22N2O2S. The first kappa shape index (κ1) is 17.2. The molecule has 1 aromatic carbocycles. The number of benzene rings is 1. The van der Waals surface area contributed by atoms with E-state index >= 15 is 0 Å². The average molecular weight is 366 g/mol. The highest BCUT2D eigenvalue weighted by molar-refractivity contribution is 8.18. The van der Waals surface area contributed by atoms with Gasteiger partial charge in [0, 0.05) is 24.1 Å². The molecule has 26 heavy (non-hydrogen) atoms. The number of imide groups is 1. The van der Waals surface area contributed by atoms with Crippen LogP contribution in [0, 0.1) is 5.92 Å². The Morgan fingerprint density at radius 1 is 1.00 bits per heavy atom. The van der Waals surface area contributed by atoms with Crippen LogP contribution in [0.15, 0.2) is 53.6 Å². The third kappa shape index (κ3) is 3.49. The van der Waals surface area contributed by atoms with Crippen LogP contribution in [0.3, 0.4) is 0 Å². The molecular weight excluding hydrogens is 344 g/mol. The SMILES string of the molecule is O=C1S/C(=C/c2cccn2-c2ccccc2)C(=O)N1CC1CCCCC1. The van der Waals surface area contributed by atoms with Crippen molar-refractivity contribution in [2.75, 3.05) is 6.54 Å². The maximum atomic E-state index is 12.8. The Morgan fingerprint density at radius 3 is 2.54 bits per heavy atom. The number of carbonyl (C=O) groups excluding carboxylic acids is 2. The first-order chi connectivity index (χ1) is 12.7. The normalized spacial score (nSPS) is 20.3. The highest BCUT2D eigenvalue weighted by Crippen LogP contribution is 2.35. The van der Waals surface area contributed by atoms with Gasteiger partial charge in [0.2, 0.25) is 0 Å². The van der Waals surface area contributed by atoms with E-state index in [0.717, 1.165) is 36.0 Å². The molecule has 2 amide bonds. The largest absolute Gasteiger partial charge is 0.317 e. The number of para-hydroxylation sites is 1. The van der Waals surface area contributed by atoms with Gasteiger partial charge in [-0.15, -0.1) is 0 Å². The summed E-state index contributed by atoms with van der Waals surface area (Å²) in [5, 5.41) is -0.135. The van der Waals surface area contributed by atoms with Gasteiger partial charge < -0.3 is 4.57 Å². The molecule has 0 radical (unpaired) electrons. The molecule has 4 rings (SSSR count). The van der Waals surface area contributed by atoms with Gasteiger partial charge in [-0.1, -0.05) is 37.5 Å². The van der Waals surface area contributed by atoms with E-state index < -0.39 is 0 Å². The second-order valence-electron chi connectivity index (χ2n) is 6.93. The highest BCUT2D eigenvalue weighted by atomic mass is 32.2. The van der Waals surface area contributed by atoms with Gasteiger partial charge in [-0.05, 0) is 60.9 Å². The average Bonchev–Trinajstić information content (AvgIpc) is 3.24. The van der Waals surface area contributed by atoms with Crippen molar-refractivity contribution in [1.29, 1.82) is 0 Å². The van der Waals surface area contributed by atoms with Crippen molar-refractivity contribution in [2.45, 2.75) is 32.1 Å². The quantitative estimate of drug-likeness (QED) is 0.708. The lowest BCUT2D eigenvalue weighted by molar-refractivity contribution is -0.123. The fourth-order valence-electron chi connectivity index (χ4n) is 3.76. The van der Waals surface area contributed by atoms with Crippen LogP contribution in [-0.4, -0.2) is 27.2 Å². The molecule has 4 nitrogen and oxygen atoms in total. The number of hydrogen-bond donors (Lipinski definition) is 0. The Hall–Kier alpha value is -2.27. The smallest absolute Gasteiger partial charge is 0.293 e. The van der Waals surface area contributed by atoms with Crippen molar-refractivity contribution in [1.82, 2.24) is 9.47 Å². The van der Waals surface area contributed by atoms with E-state index in [1.807, 2.05) is 59.3 Å². The molecule has 0 atom stereocenters. The minimum absolute atomic E-state index is 0.135. The summed E-state index contributed by atoms with van der Waals surface area (Å²) in [5.41, 5.74) is 1.93. The third-order valence-electron chi connectivity index (χ3n) is 5.13. The minimum Gasteiger partial charge on any atom is -0.317 e. The van der Waals surface area contributed by atoms with Crippen LogP contribution in [-0.2, 0) is 4.79 Å². The van der Waals surface area contributed by atoms with Crippen LogP contribution in [0.2, 0.25) is 0 Å². The number of amides is 2. The lowest BCUT2D eigenvalue weighted by Gasteiger charge is -2.25. The second-order valence-corrected chi connectivity index (χ2v) is 7.93. The summed E-state index contributed by atoms with van der Waals surface area (Å²) in [6.45, 7) is 0.571. The van der Waals surface area contributed by atoms with Gasteiger partial charge >= 0.3 is 0 Å². The molecule has 2 aliphatic rings. The number of thioether (sulfide) groups is 1. The van der Waals surface area contributed by atoms with Crippen molar-refractivity contribution >= 4 is 29.0 Å². The minimum atomic E-state index is -0.147. The summed E-state index contributed by atoms with van der Waals surface area (Å²) in [6, 6.07) is 13.9. The first-order valence-electron chi connectivity index (χ1n) is 9.20. The maximum absolute atomic E-state index is 12.8. The molecule has 2 heterocycles. The number of nitrogens with zero attached hydrogens (tertiary/aromatic N) is 2. The molecule has 5 heteroatoms. The standard InChI is InChI=1S/C21H22N2O2S/c24-20-19(26-21(25)23(20)15-16-8-3-1-4-9-16)14-18-12-7-13-22(18)17-10-5-2-6-11-17/h2,5-7,10-14,16H,1,3-4,8-9,15H2/b19-14+. The Morgan fingerprint density at radius 2 is 1.77 bits per heavy atom. The zero-order chi connectivity index (χ0) is 17.9. The molecule has 134 valence electrons. The summed E-state index contributed by atoms with van der Waals surface area (Å²) in [4.78, 5) is 27.1. The molecule has 1 saturated heterocycles. The molecule has 1 aliphatic carbocycles. The van der Waals surface area contributed by atoms with E-state index in [2.05, 4.69) is 0 Å². The number of hydrogen-bond acceptors (Lipinski definition) is 3. The molecule has 0 unspecified atom stereocenters. The fraction of sp³-hybridized carbons (Fsp3) is 0.333. The van der Waals surface area contributed by atoms with Crippen LogP contribution < -0.4 is 0 Å². The molecule has 2 fully saturated rings. The molecule has 0 spiro atoms. The predicted octanol–water partition coefficient (Wildman–Crippen LogP) is 5.09. The molecule has 1 aromatic heterocycles. The number of rotatable bonds is 4. The van der Waals surface area contributed by atoms with Crippen LogP contribution in [0.25, 0.3) is 11.8 Å². The lowest BCUT2D eigenvalue weighted by atomic mass is 9.89. The predicted molar refractivity (Wildman–Crippen MR) is 105 cm³/mol. The van der Waals surface area contributed by atoms with Gasteiger partial charge in [0.25, 0.3) is 11.1 Å². The summed E-state index contributed by atoms with van der Waals surface area (Å²) in [5.74, 6) is 0.316. The summed E-state index contributed by atoms with van der Waals surface area (Å²) < 4.78 is 2.02. The van der Waals surface area contributed by atoms with Crippen LogP contribution in [0.1, 0.15) is 37.8 Å². The van der Waals surface area contributed by atoms with E-state index in [9.17, 15) is 9.59 Å². The van der Waals surface area contributed by atoms with Crippen LogP contribution >= 0.6 is 11.8 Å². The van der Waals surface area contributed by atoms with Crippen molar-refractivity contribution in [3.8, 4) is 5.69 Å². The second kappa shape index (κ2) is 7.54. The maximum Gasteiger partial charge on any atom is 0.293 e. The molecule has 1 saturated carbocycles. The zero-order valence-corrected chi connectivity index (χ0v) is 15.5.